The van der Waals surface area contributed by atoms with Gasteiger partial charge in [-0.3, -0.25) is 9.59 Å². The molecule has 0 saturated carbocycles. The highest BCUT2D eigenvalue weighted by atomic mass is 79.9. The minimum absolute atomic E-state index is 0.121. The number of anilines is 1. The summed E-state index contributed by atoms with van der Waals surface area (Å²) in [6.45, 7) is 5.45. The van der Waals surface area contributed by atoms with Gasteiger partial charge in [0.2, 0.25) is 5.91 Å². The van der Waals surface area contributed by atoms with Crippen molar-refractivity contribution >= 4 is 27.5 Å². The first-order valence-electron chi connectivity index (χ1n) is 6.99. The Morgan fingerprint density at radius 1 is 1.32 bits per heavy atom. The molecule has 116 valence electrons. The fourth-order valence-electron chi connectivity index (χ4n) is 2.26. The van der Waals surface area contributed by atoms with Crippen molar-refractivity contribution in [3.8, 4) is 0 Å². The number of hydrogen-bond acceptors (Lipinski definition) is 3. The summed E-state index contributed by atoms with van der Waals surface area (Å²) in [6.07, 6.45) is 0.611. The Balaban J connectivity index is 2.03. The summed E-state index contributed by atoms with van der Waals surface area (Å²) < 4.78 is 0.968. The molecule has 0 unspecified atom stereocenters. The second kappa shape index (κ2) is 6.87. The Hall–Kier alpha value is -1.95. The predicted molar refractivity (Wildman–Crippen MR) is 90.2 cm³/mol. The van der Waals surface area contributed by atoms with E-state index in [9.17, 15) is 9.59 Å². The van der Waals surface area contributed by atoms with Crippen LogP contribution in [0.4, 0.5) is 5.69 Å². The van der Waals surface area contributed by atoms with Crippen molar-refractivity contribution in [2.75, 3.05) is 5.32 Å². The zero-order valence-electron chi connectivity index (χ0n) is 12.8. The van der Waals surface area contributed by atoms with Gasteiger partial charge in [-0.25, -0.2) is 4.98 Å². The molecule has 0 fully saturated rings. The number of benzene rings is 1. The van der Waals surface area contributed by atoms with Crippen LogP contribution >= 0.6 is 15.9 Å². The van der Waals surface area contributed by atoms with Gasteiger partial charge < -0.3 is 10.3 Å². The number of carbonyl (C=O) groups is 1. The number of halogens is 1. The second-order valence-electron chi connectivity index (χ2n) is 5.22. The van der Waals surface area contributed by atoms with Crippen molar-refractivity contribution < 1.29 is 4.79 Å². The minimum Gasteiger partial charge on any atom is -0.326 e. The van der Waals surface area contributed by atoms with E-state index < -0.39 is 0 Å². The first-order valence-corrected chi connectivity index (χ1v) is 7.78. The first-order chi connectivity index (χ1) is 10.4. The lowest BCUT2D eigenvalue weighted by atomic mass is 10.1. The second-order valence-corrected chi connectivity index (χ2v) is 6.14. The monoisotopic (exact) mass is 363 g/mol. The van der Waals surface area contributed by atoms with Crippen LogP contribution in [0, 0.1) is 20.8 Å². The molecular formula is C16H18BrN3O2. The molecule has 1 aromatic heterocycles. The third kappa shape index (κ3) is 4.04. The van der Waals surface area contributed by atoms with Crippen LogP contribution in [0.15, 0.2) is 27.5 Å². The van der Waals surface area contributed by atoms with Crippen LogP contribution in [-0.2, 0) is 11.2 Å². The molecule has 0 aliphatic rings. The Bertz CT molecular complexity index is 768. The van der Waals surface area contributed by atoms with Crippen LogP contribution in [-0.4, -0.2) is 15.9 Å². The molecule has 1 amide bonds. The highest BCUT2D eigenvalue weighted by molar-refractivity contribution is 9.10. The van der Waals surface area contributed by atoms with Crippen molar-refractivity contribution in [3.05, 3.63) is 55.7 Å². The van der Waals surface area contributed by atoms with Crippen molar-refractivity contribution in [2.24, 2.45) is 0 Å². The number of aryl methyl sites for hydroxylation is 3. The average Bonchev–Trinajstić information content (AvgIpc) is 2.40. The van der Waals surface area contributed by atoms with E-state index in [0.717, 1.165) is 15.7 Å². The van der Waals surface area contributed by atoms with Crippen LogP contribution in [0.25, 0.3) is 0 Å². The summed E-state index contributed by atoms with van der Waals surface area (Å²) in [6, 6.07) is 5.67. The number of aromatic amines is 1. The van der Waals surface area contributed by atoms with Crippen molar-refractivity contribution in [1.29, 1.82) is 0 Å². The molecule has 5 nitrogen and oxygen atoms in total. The maximum absolute atomic E-state index is 12.1. The van der Waals surface area contributed by atoms with Gasteiger partial charge in [-0.15, -0.1) is 0 Å². The predicted octanol–water partition coefficient (Wildman–Crippen LogP) is 3.03. The van der Waals surface area contributed by atoms with E-state index in [1.807, 2.05) is 25.1 Å². The number of amides is 1. The summed E-state index contributed by atoms with van der Waals surface area (Å²) in [5.41, 5.74) is 2.83. The maximum atomic E-state index is 12.1. The van der Waals surface area contributed by atoms with Crippen molar-refractivity contribution in [1.82, 2.24) is 9.97 Å². The summed E-state index contributed by atoms with van der Waals surface area (Å²) >= 11 is 3.39. The largest absolute Gasteiger partial charge is 0.326 e. The van der Waals surface area contributed by atoms with Gasteiger partial charge in [0.05, 0.1) is 0 Å². The topological polar surface area (TPSA) is 74.8 Å². The zero-order chi connectivity index (χ0) is 16.3. The number of H-pyrrole nitrogens is 1. The molecule has 2 N–H and O–H groups in total. The van der Waals surface area contributed by atoms with Crippen molar-refractivity contribution in [3.63, 3.8) is 0 Å². The highest BCUT2D eigenvalue weighted by Gasteiger charge is 2.10. The Labute approximate surface area is 137 Å². The van der Waals surface area contributed by atoms with E-state index in [0.29, 0.717) is 23.5 Å². The number of nitrogens with zero attached hydrogens (tertiary/aromatic N) is 1. The molecule has 0 atom stereocenters. The van der Waals surface area contributed by atoms with Crippen molar-refractivity contribution in [2.45, 2.75) is 33.6 Å². The van der Waals surface area contributed by atoms with E-state index in [1.54, 1.807) is 13.8 Å². The van der Waals surface area contributed by atoms with E-state index in [1.165, 1.54) is 0 Å². The van der Waals surface area contributed by atoms with Gasteiger partial charge in [-0.2, -0.15) is 0 Å². The van der Waals surface area contributed by atoms with Gasteiger partial charge in [-0.05, 0) is 51.0 Å². The first kappa shape index (κ1) is 16.4. The molecule has 1 heterocycles. The summed E-state index contributed by atoms with van der Waals surface area (Å²) in [5, 5.41) is 2.87. The smallest absolute Gasteiger partial charge is 0.254 e. The quantitative estimate of drug-likeness (QED) is 0.876. The highest BCUT2D eigenvalue weighted by Crippen LogP contribution is 2.20. The summed E-state index contributed by atoms with van der Waals surface area (Å²) in [4.78, 5) is 30.8. The zero-order valence-corrected chi connectivity index (χ0v) is 14.4. The summed E-state index contributed by atoms with van der Waals surface area (Å²) in [7, 11) is 0. The van der Waals surface area contributed by atoms with Crippen LogP contribution in [0.5, 0.6) is 0 Å². The Morgan fingerprint density at radius 3 is 2.68 bits per heavy atom. The molecule has 0 radical (unpaired) electrons. The molecule has 2 rings (SSSR count). The SMILES string of the molecule is Cc1nc(C)c(CCC(=O)Nc2ccc(Br)cc2C)c(=O)[nH]1. The molecule has 0 aliphatic heterocycles. The number of aromatic nitrogens is 2. The van der Waals surface area contributed by atoms with E-state index in [-0.39, 0.29) is 17.9 Å². The maximum Gasteiger partial charge on any atom is 0.254 e. The lowest BCUT2D eigenvalue weighted by Crippen LogP contribution is -2.20. The Morgan fingerprint density at radius 2 is 2.05 bits per heavy atom. The molecule has 0 saturated heterocycles. The van der Waals surface area contributed by atoms with Crippen LogP contribution < -0.4 is 10.9 Å². The van der Waals surface area contributed by atoms with E-state index >= 15 is 0 Å². The lowest BCUT2D eigenvalue weighted by Gasteiger charge is -2.09. The number of nitrogens with one attached hydrogen (secondary N) is 2. The number of carbonyl (C=O) groups excluding carboxylic acids is 1. The average molecular weight is 364 g/mol. The molecule has 0 aliphatic carbocycles. The van der Waals surface area contributed by atoms with Gasteiger partial charge in [0.25, 0.3) is 5.56 Å². The van der Waals surface area contributed by atoms with Gasteiger partial charge >= 0.3 is 0 Å². The third-order valence-corrected chi connectivity index (χ3v) is 3.90. The Kier molecular flexibility index (Phi) is 5.13. The van der Waals surface area contributed by atoms with Gasteiger partial charge in [0, 0.05) is 27.8 Å². The molecule has 1 aromatic carbocycles. The van der Waals surface area contributed by atoms with E-state index in [2.05, 4.69) is 31.2 Å². The number of rotatable bonds is 4. The van der Waals surface area contributed by atoms with E-state index in [4.69, 9.17) is 0 Å². The lowest BCUT2D eigenvalue weighted by molar-refractivity contribution is -0.116. The van der Waals surface area contributed by atoms with Crippen LogP contribution in [0.1, 0.15) is 29.1 Å². The molecule has 0 bridgehead atoms. The fourth-order valence-corrected chi connectivity index (χ4v) is 2.74. The molecule has 0 spiro atoms. The van der Waals surface area contributed by atoms with Crippen LogP contribution in [0.3, 0.4) is 0 Å². The molecular weight excluding hydrogens is 346 g/mol. The summed E-state index contributed by atoms with van der Waals surface area (Å²) in [5.74, 6) is 0.464. The third-order valence-electron chi connectivity index (χ3n) is 3.41. The van der Waals surface area contributed by atoms with Gasteiger partial charge in [0.1, 0.15) is 5.82 Å². The minimum atomic E-state index is -0.169. The van der Waals surface area contributed by atoms with Gasteiger partial charge in [0.15, 0.2) is 0 Å². The standard InChI is InChI=1S/C16H18BrN3O2/c1-9-8-12(17)4-6-14(9)20-15(21)7-5-13-10(2)18-11(3)19-16(13)22/h4,6,8H,5,7H2,1-3H3,(H,20,21)(H,18,19,22). The normalized spacial score (nSPS) is 10.5. The number of hydrogen-bond donors (Lipinski definition) is 2. The molecule has 22 heavy (non-hydrogen) atoms. The molecule has 6 heteroatoms. The fraction of sp³-hybridized carbons (Fsp3) is 0.312. The van der Waals surface area contributed by atoms with Crippen LogP contribution in [0.2, 0.25) is 0 Å². The molecule has 2 aromatic rings. The van der Waals surface area contributed by atoms with Gasteiger partial charge in [-0.1, -0.05) is 15.9 Å².